The molecule has 1 rings (SSSR count). The maximum Gasteiger partial charge on any atom is 0.307 e. The highest BCUT2D eigenvalue weighted by molar-refractivity contribution is 5.70. The van der Waals surface area contributed by atoms with E-state index in [0.29, 0.717) is 12.8 Å². The summed E-state index contributed by atoms with van der Waals surface area (Å²) in [5, 5.41) is 9.25. The summed E-state index contributed by atoms with van der Waals surface area (Å²) < 4.78 is 0. The van der Waals surface area contributed by atoms with Gasteiger partial charge < -0.3 is 5.11 Å². The molecule has 0 saturated carbocycles. The standard InChI is InChI=1S/C17H22O2/c1-13-7-9-14(10-8-13)12-15(16(18)19)6-5-11-17(2,3)4/h7-10,15H,6,12H2,1-4H3,(H,18,19). The van der Waals surface area contributed by atoms with Crippen molar-refractivity contribution in [3.63, 3.8) is 0 Å². The van der Waals surface area contributed by atoms with Gasteiger partial charge in [0.25, 0.3) is 0 Å². The maximum atomic E-state index is 11.3. The van der Waals surface area contributed by atoms with Crippen molar-refractivity contribution in [3.05, 3.63) is 35.4 Å². The molecule has 0 radical (unpaired) electrons. The van der Waals surface area contributed by atoms with Gasteiger partial charge in [-0.25, -0.2) is 0 Å². The van der Waals surface area contributed by atoms with Crippen molar-refractivity contribution in [2.75, 3.05) is 0 Å². The molecule has 0 aliphatic heterocycles. The van der Waals surface area contributed by atoms with Crippen LogP contribution in [0.25, 0.3) is 0 Å². The number of aliphatic carboxylic acids is 1. The van der Waals surface area contributed by atoms with Gasteiger partial charge in [0, 0.05) is 11.8 Å². The Labute approximate surface area is 115 Å². The molecule has 1 aromatic rings. The molecule has 0 amide bonds. The zero-order valence-corrected chi connectivity index (χ0v) is 12.2. The number of hydrogen-bond donors (Lipinski definition) is 1. The third-order valence-corrected chi connectivity index (χ3v) is 2.76. The second-order valence-corrected chi connectivity index (χ2v) is 5.98. The fraction of sp³-hybridized carbons (Fsp3) is 0.471. The largest absolute Gasteiger partial charge is 0.481 e. The lowest BCUT2D eigenvalue weighted by Gasteiger charge is -2.11. The maximum absolute atomic E-state index is 11.3. The fourth-order valence-corrected chi connectivity index (χ4v) is 1.69. The van der Waals surface area contributed by atoms with Crippen LogP contribution in [0.1, 0.15) is 38.3 Å². The molecule has 2 heteroatoms. The van der Waals surface area contributed by atoms with E-state index in [1.54, 1.807) is 0 Å². The van der Waals surface area contributed by atoms with Crippen molar-refractivity contribution in [1.29, 1.82) is 0 Å². The van der Waals surface area contributed by atoms with Gasteiger partial charge in [-0.3, -0.25) is 4.79 Å². The average Bonchev–Trinajstić information content (AvgIpc) is 2.28. The van der Waals surface area contributed by atoms with Gasteiger partial charge >= 0.3 is 5.97 Å². The normalized spacial score (nSPS) is 12.4. The first-order valence-electron chi connectivity index (χ1n) is 6.56. The summed E-state index contributed by atoms with van der Waals surface area (Å²) in [6.45, 7) is 8.09. The van der Waals surface area contributed by atoms with Crippen LogP contribution in [-0.4, -0.2) is 11.1 Å². The van der Waals surface area contributed by atoms with Crippen molar-refractivity contribution in [1.82, 2.24) is 0 Å². The Morgan fingerprint density at radius 3 is 2.32 bits per heavy atom. The summed E-state index contributed by atoms with van der Waals surface area (Å²) in [4.78, 5) is 11.3. The van der Waals surface area contributed by atoms with Gasteiger partial charge in [-0.05, 0) is 39.7 Å². The molecular weight excluding hydrogens is 236 g/mol. The minimum atomic E-state index is -0.774. The fourth-order valence-electron chi connectivity index (χ4n) is 1.69. The van der Waals surface area contributed by atoms with Gasteiger partial charge in [-0.15, -0.1) is 5.92 Å². The van der Waals surface area contributed by atoms with Crippen LogP contribution in [0.3, 0.4) is 0 Å². The summed E-state index contributed by atoms with van der Waals surface area (Å²) in [6.07, 6.45) is 0.939. The van der Waals surface area contributed by atoms with Crippen molar-refractivity contribution >= 4 is 5.97 Å². The first-order valence-corrected chi connectivity index (χ1v) is 6.56. The quantitative estimate of drug-likeness (QED) is 0.836. The van der Waals surface area contributed by atoms with Gasteiger partial charge in [-0.2, -0.15) is 0 Å². The van der Waals surface area contributed by atoms with Crippen LogP contribution < -0.4 is 0 Å². The Kier molecular flexibility index (Phi) is 5.18. The van der Waals surface area contributed by atoms with Crippen LogP contribution in [0.4, 0.5) is 0 Å². The van der Waals surface area contributed by atoms with Gasteiger partial charge in [0.2, 0.25) is 0 Å². The zero-order valence-electron chi connectivity index (χ0n) is 12.2. The molecule has 102 valence electrons. The highest BCUT2D eigenvalue weighted by Gasteiger charge is 2.17. The van der Waals surface area contributed by atoms with Gasteiger partial charge in [0.1, 0.15) is 0 Å². The van der Waals surface area contributed by atoms with Crippen LogP contribution >= 0.6 is 0 Å². The molecule has 0 aromatic heterocycles. The lowest BCUT2D eigenvalue weighted by Crippen LogP contribution is -2.16. The Bertz CT molecular complexity index is 481. The van der Waals surface area contributed by atoms with Crippen molar-refractivity contribution in [2.45, 2.75) is 40.5 Å². The van der Waals surface area contributed by atoms with Crippen molar-refractivity contribution < 1.29 is 9.90 Å². The van der Waals surface area contributed by atoms with E-state index in [0.717, 1.165) is 5.56 Å². The molecule has 0 aliphatic rings. The predicted molar refractivity (Wildman–Crippen MR) is 77.9 cm³/mol. The lowest BCUT2D eigenvalue weighted by atomic mass is 9.94. The number of carbonyl (C=O) groups is 1. The molecule has 0 saturated heterocycles. The van der Waals surface area contributed by atoms with Crippen molar-refractivity contribution in [3.8, 4) is 11.8 Å². The highest BCUT2D eigenvalue weighted by Crippen LogP contribution is 2.15. The third kappa shape index (κ3) is 6.10. The summed E-state index contributed by atoms with van der Waals surface area (Å²) in [5.41, 5.74) is 2.16. The lowest BCUT2D eigenvalue weighted by molar-refractivity contribution is -0.141. The Morgan fingerprint density at radius 2 is 1.84 bits per heavy atom. The number of rotatable bonds is 4. The van der Waals surface area contributed by atoms with Gasteiger partial charge in [-0.1, -0.05) is 35.7 Å². The molecular formula is C17H22O2. The summed E-state index contributed by atoms with van der Waals surface area (Å²) in [5.74, 6) is 4.89. The van der Waals surface area contributed by atoms with E-state index in [4.69, 9.17) is 0 Å². The summed E-state index contributed by atoms with van der Waals surface area (Å²) in [6, 6.07) is 8.00. The van der Waals surface area contributed by atoms with E-state index in [1.165, 1.54) is 5.56 Å². The van der Waals surface area contributed by atoms with E-state index in [2.05, 4.69) is 11.8 Å². The molecule has 0 heterocycles. The molecule has 1 unspecified atom stereocenters. The average molecular weight is 258 g/mol. The molecule has 1 aromatic carbocycles. The van der Waals surface area contributed by atoms with E-state index < -0.39 is 11.9 Å². The molecule has 2 nitrogen and oxygen atoms in total. The monoisotopic (exact) mass is 258 g/mol. The minimum Gasteiger partial charge on any atom is -0.481 e. The number of carboxylic acids is 1. The molecule has 1 N–H and O–H groups in total. The zero-order chi connectivity index (χ0) is 14.5. The molecule has 0 spiro atoms. The molecule has 19 heavy (non-hydrogen) atoms. The molecule has 0 bridgehead atoms. The predicted octanol–water partition coefficient (Wildman–Crippen LogP) is 3.68. The second-order valence-electron chi connectivity index (χ2n) is 5.98. The summed E-state index contributed by atoms with van der Waals surface area (Å²) in [7, 11) is 0. The van der Waals surface area contributed by atoms with E-state index >= 15 is 0 Å². The van der Waals surface area contributed by atoms with Crippen LogP contribution in [0.2, 0.25) is 0 Å². The number of aryl methyl sites for hydroxylation is 1. The van der Waals surface area contributed by atoms with E-state index in [-0.39, 0.29) is 5.41 Å². The molecule has 0 aliphatic carbocycles. The Balaban J connectivity index is 2.70. The van der Waals surface area contributed by atoms with Crippen LogP contribution in [-0.2, 0) is 11.2 Å². The molecule has 0 fully saturated rings. The minimum absolute atomic E-state index is 0.0765. The third-order valence-electron chi connectivity index (χ3n) is 2.76. The van der Waals surface area contributed by atoms with E-state index in [9.17, 15) is 9.90 Å². The SMILES string of the molecule is Cc1ccc(CC(CC#CC(C)(C)C)C(=O)O)cc1. The first-order chi connectivity index (χ1) is 8.78. The van der Waals surface area contributed by atoms with Crippen LogP contribution in [0.15, 0.2) is 24.3 Å². The smallest absolute Gasteiger partial charge is 0.307 e. The number of carboxylic acid groups (broad SMARTS) is 1. The highest BCUT2D eigenvalue weighted by atomic mass is 16.4. The van der Waals surface area contributed by atoms with Gasteiger partial charge in [0.05, 0.1) is 5.92 Å². The van der Waals surface area contributed by atoms with Gasteiger partial charge in [0.15, 0.2) is 0 Å². The first kappa shape index (κ1) is 15.3. The second kappa shape index (κ2) is 6.43. The topological polar surface area (TPSA) is 37.3 Å². The van der Waals surface area contributed by atoms with Crippen molar-refractivity contribution in [2.24, 2.45) is 11.3 Å². The Morgan fingerprint density at radius 1 is 1.26 bits per heavy atom. The number of benzene rings is 1. The Hall–Kier alpha value is -1.75. The number of hydrogen-bond acceptors (Lipinski definition) is 1. The van der Waals surface area contributed by atoms with Crippen LogP contribution in [0.5, 0.6) is 0 Å². The molecule has 1 atom stereocenters. The summed E-state index contributed by atoms with van der Waals surface area (Å²) >= 11 is 0. The van der Waals surface area contributed by atoms with E-state index in [1.807, 2.05) is 52.0 Å². The van der Waals surface area contributed by atoms with Crippen LogP contribution in [0, 0.1) is 30.1 Å².